The van der Waals surface area contributed by atoms with Gasteiger partial charge < -0.3 is 20.1 Å². The van der Waals surface area contributed by atoms with Gasteiger partial charge in [-0.1, -0.05) is 11.6 Å². The molecule has 9 nitrogen and oxygen atoms in total. The first-order valence-electron chi connectivity index (χ1n) is 10.5. The number of carbonyl (C=O) groups excluding carboxylic acids is 2. The van der Waals surface area contributed by atoms with E-state index in [1.54, 1.807) is 6.07 Å². The third-order valence-corrected chi connectivity index (χ3v) is 6.71. The van der Waals surface area contributed by atoms with Crippen molar-refractivity contribution in [2.24, 2.45) is 0 Å². The van der Waals surface area contributed by atoms with Crippen LogP contribution in [0.25, 0.3) is 0 Å². The summed E-state index contributed by atoms with van der Waals surface area (Å²) in [7, 11) is 0. The molecule has 11 heteroatoms. The summed E-state index contributed by atoms with van der Waals surface area (Å²) in [6.45, 7) is 1.63. The zero-order valence-electron chi connectivity index (χ0n) is 17.3. The van der Waals surface area contributed by atoms with E-state index < -0.39 is 17.5 Å². The van der Waals surface area contributed by atoms with Crippen LogP contribution in [0.5, 0.6) is 0 Å². The number of nitrogens with one attached hydrogen (secondary N) is 1. The molecule has 4 heterocycles. The van der Waals surface area contributed by atoms with E-state index in [4.69, 9.17) is 26.8 Å². The molecule has 0 saturated carbocycles. The number of carbonyl (C=O) groups is 2. The predicted octanol–water partition coefficient (Wildman–Crippen LogP) is 2.84. The number of nitrogens with two attached hydrogens (primary N) is 1. The first-order valence-corrected chi connectivity index (χ1v) is 10.9. The molecule has 5 rings (SSSR count). The highest BCUT2D eigenvalue weighted by atomic mass is 35.5. The van der Waals surface area contributed by atoms with Crippen LogP contribution in [0, 0.1) is 5.82 Å². The highest BCUT2D eigenvalue weighted by Gasteiger charge is 2.50. The van der Waals surface area contributed by atoms with Crippen molar-refractivity contribution >= 4 is 35.1 Å². The maximum Gasteiger partial charge on any atom is 0.412 e. The second kappa shape index (κ2) is 7.93. The van der Waals surface area contributed by atoms with Crippen LogP contribution in [0.3, 0.4) is 0 Å². The zero-order valence-corrected chi connectivity index (χ0v) is 18.0. The Morgan fingerprint density at radius 1 is 1.38 bits per heavy atom. The molecule has 1 atom stereocenters. The van der Waals surface area contributed by atoms with Crippen LogP contribution in [-0.2, 0) is 26.4 Å². The van der Waals surface area contributed by atoms with Crippen LogP contribution in [0.2, 0.25) is 5.02 Å². The second-order valence-electron chi connectivity index (χ2n) is 8.40. The monoisotopic (exact) mass is 463 g/mol. The third kappa shape index (κ3) is 3.57. The average molecular weight is 464 g/mol. The van der Waals surface area contributed by atoms with Crippen molar-refractivity contribution in [1.29, 1.82) is 0 Å². The number of benzene rings is 1. The Morgan fingerprint density at radius 3 is 2.94 bits per heavy atom. The minimum absolute atomic E-state index is 0.0253. The smallest absolute Gasteiger partial charge is 0.412 e. The molecule has 1 spiro atoms. The number of halogens is 2. The maximum atomic E-state index is 14.9. The van der Waals surface area contributed by atoms with E-state index in [-0.39, 0.29) is 41.9 Å². The number of nitrogens with zero attached hydrogens (tertiary/aromatic N) is 3. The maximum absolute atomic E-state index is 14.9. The number of anilines is 2. The molecule has 0 radical (unpaired) electrons. The Balaban J connectivity index is 1.35. The van der Waals surface area contributed by atoms with Gasteiger partial charge in [0, 0.05) is 38.2 Å². The standard InChI is InChI=1S/C21H23ClFN5O4/c22-13-1-2-14-18(19(13)23)21(32-20(30)25-14)5-6-27(11-21)17(29)10-28-16(24)9-15(26-28)12-3-7-31-8-4-12/h1-2,9,12H,3-8,10-11,24H2,(H,25,30)/t21-/m0/s1. The van der Waals surface area contributed by atoms with E-state index in [1.807, 2.05) is 0 Å². The summed E-state index contributed by atoms with van der Waals surface area (Å²) in [5.74, 6) is -0.231. The molecule has 2 amide bonds. The van der Waals surface area contributed by atoms with Crippen molar-refractivity contribution in [3.05, 3.63) is 40.3 Å². The summed E-state index contributed by atoms with van der Waals surface area (Å²) in [6, 6.07) is 4.72. The third-order valence-electron chi connectivity index (χ3n) is 6.41. The SMILES string of the molecule is Nc1cc(C2CCOCC2)nn1CC(=O)N1CC[C@@]2(C1)OC(=O)Nc1ccc(Cl)c(F)c12. The van der Waals surface area contributed by atoms with Crippen LogP contribution in [0.15, 0.2) is 18.2 Å². The number of hydrogen-bond donors (Lipinski definition) is 2. The first kappa shape index (κ1) is 21.0. The Hall–Kier alpha value is -2.85. The highest BCUT2D eigenvalue weighted by Crippen LogP contribution is 2.45. The lowest BCUT2D eigenvalue weighted by atomic mass is 9.89. The van der Waals surface area contributed by atoms with E-state index in [0.717, 1.165) is 18.5 Å². The van der Waals surface area contributed by atoms with Gasteiger partial charge in [-0.15, -0.1) is 0 Å². The van der Waals surface area contributed by atoms with Crippen molar-refractivity contribution < 1.29 is 23.5 Å². The van der Waals surface area contributed by atoms with Gasteiger partial charge in [0.1, 0.15) is 12.4 Å². The molecule has 0 bridgehead atoms. The van der Waals surface area contributed by atoms with E-state index in [2.05, 4.69) is 10.4 Å². The minimum Gasteiger partial charge on any atom is -0.436 e. The molecule has 1 aromatic carbocycles. The molecule has 32 heavy (non-hydrogen) atoms. The zero-order chi connectivity index (χ0) is 22.5. The lowest BCUT2D eigenvalue weighted by molar-refractivity contribution is -0.132. The highest BCUT2D eigenvalue weighted by molar-refractivity contribution is 6.31. The Bertz CT molecular complexity index is 1090. The van der Waals surface area contributed by atoms with Gasteiger partial charge >= 0.3 is 6.09 Å². The molecule has 2 aromatic rings. The quantitative estimate of drug-likeness (QED) is 0.724. The first-order chi connectivity index (χ1) is 15.4. The second-order valence-corrected chi connectivity index (χ2v) is 8.80. The summed E-state index contributed by atoms with van der Waals surface area (Å²) in [5.41, 5.74) is 6.14. The number of nitrogen functional groups attached to an aromatic ring is 1. The van der Waals surface area contributed by atoms with Crippen molar-refractivity contribution in [1.82, 2.24) is 14.7 Å². The molecule has 3 N–H and O–H groups in total. The summed E-state index contributed by atoms with van der Waals surface area (Å²) in [6.07, 6.45) is 1.31. The van der Waals surface area contributed by atoms with Gasteiger partial charge in [-0.3, -0.25) is 10.1 Å². The number of aromatic nitrogens is 2. The van der Waals surface area contributed by atoms with Crippen LogP contribution in [-0.4, -0.2) is 53.0 Å². The number of ether oxygens (including phenoxy) is 2. The van der Waals surface area contributed by atoms with Gasteiger partial charge in [-0.2, -0.15) is 5.10 Å². The normalized spacial score (nSPS) is 23.2. The van der Waals surface area contributed by atoms with E-state index >= 15 is 0 Å². The molecule has 3 aliphatic heterocycles. The van der Waals surface area contributed by atoms with Crippen molar-refractivity contribution in [2.45, 2.75) is 37.3 Å². The van der Waals surface area contributed by atoms with E-state index in [0.29, 0.717) is 31.3 Å². The molecule has 3 aliphatic rings. The van der Waals surface area contributed by atoms with Gasteiger partial charge in [0.2, 0.25) is 5.91 Å². The van der Waals surface area contributed by atoms with Crippen LogP contribution in [0.4, 0.5) is 20.7 Å². The predicted molar refractivity (Wildman–Crippen MR) is 114 cm³/mol. The fourth-order valence-electron chi connectivity index (χ4n) is 4.75. The molecule has 2 fully saturated rings. The fraction of sp³-hybridized carbons (Fsp3) is 0.476. The van der Waals surface area contributed by atoms with Gasteiger partial charge in [0.15, 0.2) is 11.4 Å². The molecule has 0 aliphatic carbocycles. The Labute approximate surface area is 188 Å². The van der Waals surface area contributed by atoms with Crippen LogP contribution >= 0.6 is 11.6 Å². The summed E-state index contributed by atoms with van der Waals surface area (Å²) >= 11 is 5.98. The average Bonchev–Trinajstić information content (AvgIpc) is 3.35. The minimum atomic E-state index is -1.29. The van der Waals surface area contributed by atoms with Gasteiger partial charge in [0.25, 0.3) is 0 Å². The van der Waals surface area contributed by atoms with Crippen LogP contribution < -0.4 is 11.1 Å². The lowest BCUT2D eigenvalue weighted by Gasteiger charge is -2.35. The molecule has 2 saturated heterocycles. The largest absolute Gasteiger partial charge is 0.436 e. The van der Waals surface area contributed by atoms with E-state index in [1.165, 1.54) is 21.7 Å². The van der Waals surface area contributed by atoms with E-state index in [9.17, 15) is 14.0 Å². The summed E-state index contributed by atoms with van der Waals surface area (Å²) in [4.78, 5) is 26.7. The summed E-state index contributed by atoms with van der Waals surface area (Å²) in [5, 5.41) is 6.97. The topological polar surface area (TPSA) is 112 Å². The number of likely N-dealkylation sites (tertiary alicyclic amines) is 1. The molecular formula is C21H23ClFN5O4. The van der Waals surface area contributed by atoms with Crippen LogP contribution in [0.1, 0.15) is 36.4 Å². The Kier molecular flexibility index (Phi) is 5.21. The molecule has 0 unspecified atom stereocenters. The van der Waals surface area contributed by atoms with Crippen molar-refractivity contribution in [2.75, 3.05) is 37.4 Å². The number of rotatable bonds is 3. The summed E-state index contributed by atoms with van der Waals surface area (Å²) < 4.78 is 27.3. The van der Waals surface area contributed by atoms with Gasteiger partial charge in [-0.25, -0.2) is 13.9 Å². The molecular weight excluding hydrogens is 441 g/mol. The van der Waals surface area contributed by atoms with Crippen molar-refractivity contribution in [3.63, 3.8) is 0 Å². The molecule has 170 valence electrons. The number of fused-ring (bicyclic) bond motifs is 2. The Morgan fingerprint density at radius 2 is 2.16 bits per heavy atom. The van der Waals surface area contributed by atoms with Gasteiger partial charge in [-0.05, 0) is 25.0 Å². The number of amides is 2. The van der Waals surface area contributed by atoms with Crippen molar-refractivity contribution in [3.8, 4) is 0 Å². The fourth-order valence-corrected chi connectivity index (χ4v) is 4.90. The van der Waals surface area contributed by atoms with Gasteiger partial charge in [0.05, 0.1) is 28.5 Å². The lowest BCUT2D eigenvalue weighted by Crippen LogP contribution is -2.44. The molecule has 1 aromatic heterocycles. The number of hydrogen-bond acceptors (Lipinski definition) is 6.